The van der Waals surface area contributed by atoms with E-state index in [4.69, 9.17) is 15.2 Å². The number of primary amides is 1. The number of ether oxygens (including phenoxy) is 2. The van der Waals surface area contributed by atoms with Crippen LogP contribution in [0.25, 0.3) is 10.8 Å². The molecule has 7 heteroatoms. The van der Waals surface area contributed by atoms with Crippen molar-refractivity contribution in [2.75, 3.05) is 6.61 Å². The first-order chi connectivity index (χ1) is 13.2. The van der Waals surface area contributed by atoms with Gasteiger partial charge in [-0.05, 0) is 43.9 Å². The molecule has 150 valence electrons. The summed E-state index contributed by atoms with van der Waals surface area (Å²) in [5, 5.41) is 4.55. The van der Waals surface area contributed by atoms with E-state index in [0.717, 1.165) is 17.2 Å². The maximum Gasteiger partial charge on any atom is 0.252 e. The normalized spacial score (nSPS) is 18.3. The first-order valence-corrected chi connectivity index (χ1v) is 9.50. The Balaban J connectivity index is 1.79. The van der Waals surface area contributed by atoms with Crippen molar-refractivity contribution in [1.82, 2.24) is 10.3 Å². The van der Waals surface area contributed by atoms with Gasteiger partial charge in [0, 0.05) is 29.5 Å². The molecule has 1 saturated heterocycles. The lowest BCUT2D eigenvalue weighted by Gasteiger charge is -2.16. The second kappa shape index (κ2) is 7.66. The zero-order valence-electron chi connectivity index (χ0n) is 16.7. The lowest BCUT2D eigenvalue weighted by atomic mass is 9.89. The molecule has 3 rings (SSSR count). The first kappa shape index (κ1) is 19.9. The number of fused-ring (bicyclic) bond motifs is 1. The molecule has 28 heavy (non-hydrogen) atoms. The lowest BCUT2D eigenvalue weighted by molar-refractivity contribution is -0.126. The minimum atomic E-state index is -0.545. The van der Waals surface area contributed by atoms with E-state index in [0.29, 0.717) is 30.2 Å². The van der Waals surface area contributed by atoms with Crippen LogP contribution in [-0.2, 0) is 4.79 Å². The van der Waals surface area contributed by atoms with Crippen LogP contribution >= 0.6 is 0 Å². The third kappa shape index (κ3) is 4.18. The SMILES string of the molecule is CC(C)Oc1cc2c(OCC[C@@H]3CC(C)(C)C(=O)N3)nccc2cc1C(N)=O. The number of pyridine rings is 1. The molecule has 1 fully saturated rings. The summed E-state index contributed by atoms with van der Waals surface area (Å²) in [4.78, 5) is 28.0. The summed E-state index contributed by atoms with van der Waals surface area (Å²) in [5.41, 5.74) is 5.49. The Labute approximate surface area is 164 Å². The van der Waals surface area contributed by atoms with E-state index in [9.17, 15) is 9.59 Å². The monoisotopic (exact) mass is 385 g/mol. The van der Waals surface area contributed by atoms with Crippen LogP contribution in [0.2, 0.25) is 0 Å². The van der Waals surface area contributed by atoms with Crippen LogP contribution in [0.5, 0.6) is 11.6 Å². The number of nitrogens with zero attached hydrogens (tertiary/aromatic N) is 1. The van der Waals surface area contributed by atoms with Gasteiger partial charge < -0.3 is 20.5 Å². The predicted molar refractivity (Wildman–Crippen MR) is 106 cm³/mol. The van der Waals surface area contributed by atoms with Crippen LogP contribution in [0.15, 0.2) is 24.4 Å². The number of nitrogens with one attached hydrogen (secondary N) is 1. The maximum atomic E-state index is 11.9. The molecule has 1 aliphatic heterocycles. The fourth-order valence-corrected chi connectivity index (χ4v) is 3.45. The van der Waals surface area contributed by atoms with Gasteiger partial charge in [0.25, 0.3) is 5.91 Å². The van der Waals surface area contributed by atoms with Gasteiger partial charge in [-0.2, -0.15) is 0 Å². The van der Waals surface area contributed by atoms with Crippen molar-refractivity contribution in [1.29, 1.82) is 0 Å². The summed E-state index contributed by atoms with van der Waals surface area (Å²) < 4.78 is 11.7. The molecule has 1 aliphatic rings. The van der Waals surface area contributed by atoms with E-state index in [1.54, 1.807) is 24.4 Å². The summed E-state index contributed by atoms with van der Waals surface area (Å²) in [6.07, 6.45) is 3.01. The molecule has 0 aliphatic carbocycles. The molecule has 0 bridgehead atoms. The van der Waals surface area contributed by atoms with Gasteiger partial charge in [0.2, 0.25) is 11.8 Å². The van der Waals surface area contributed by atoms with Crippen molar-refractivity contribution < 1.29 is 19.1 Å². The Morgan fingerprint density at radius 2 is 2.14 bits per heavy atom. The highest BCUT2D eigenvalue weighted by atomic mass is 16.5. The fraction of sp³-hybridized carbons (Fsp3) is 0.476. The van der Waals surface area contributed by atoms with Gasteiger partial charge in [0.15, 0.2) is 0 Å². The van der Waals surface area contributed by atoms with Crippen LogP contribution in [0.4, 0.5) is 0 Å². The number of amides is 2. The standard InChI is InChI=1S/C21H27N3O4/c1-12(2)28-17-10-15-13(9-16(17)18(22)25)5-7-23-19(15)27-8-6-14-11-21(3,4)20(26)24-14/h5,7,9-10,12,14H,6,8,11H2,1-4H3,(H2,22,25)(H,24,26)/t14-/m1/s1. The van der Waals surface area contributed by atoms with Gasteiger partial charge in [-0.3, -0.25) is 9.59 Å². The van der Waals surface area contributed by atoms with Gasteiger partial charge in [-0.25, -0.2) is 4.98 Å². The van der Waals surface area contributed by atoms with Crippen LogP contribution in [-0.4, -0.2) is 35.6 Å². The smallest absolute Gasteiger partial charge is 0.252 e. The van der Waals surface area contributed by atoms with Gasteiger partial charge >= 0.3 is 0 Å². The molecule has 0 unspecified atom stereocenters. The Morgan fingerprint density at radius 1 is 1.39 bits per heavy atom. The third-order valence-electron chi connectivity index (χ3n) is 4.87. The molecular weight excluding hydrogens is 358 g/mol. The summed E-state index contributed by atoms with van der Waals surface area (Å²) in [6.45, 7) is 8.08. The highest BCUT2D eigenvalue weighted by Gasteiger charge is 2.38. The Bertz CT molecular complexity index is 908. The number of hydrogen-bond donors (Lipinski definition) is 2. The van der Waals surface area contributed by atoms with Crippen LogP contribution in [0.3, 0.4) is 0 Å². The minimum Gasteiger partial charge on any atom is -0.490 e. The molecule has 2 heterocycles. The number of benzene rings is 1. The van der Waals surface area contributed by atoms with Crippen molar-refractivity contribution in [3.05, 3.63) is 30.0 Å². The molecular formula is C21H27N3O4. The molecule has 3 N–H and O–H groups in total. The molecule has 7 nitrogen and oxygen atoms in total. The van der Waals surface area contributed by atoms with Crippen molar-refractivity contribution in [3.63, 3.8) is 0 Å². The molecule has 1 aromatic carbocycles. The lowest BCUT2D eigenvalue weighted by Crippen LogP contribution is -2.29. The van der Waals surface area contributed by atoms with Gasteiger partial charge in [0.05, 0.1) is 18.3 Å². The van der Waals surface area contributed by atoms with Crippen molar-refractivity contribution in [2.24, 2.45) is 11.1 Å². The molecule has 2 amide bonds. The molecule has 2 aromatic rings. The number of hydrogen-bond acceptors (Lipinski definition) is 5. The van der Waals surface area contributed by atoms with E-state index < -0.39 is 5.91 Å². The van der Waals surface area contributed by atoms with Crippen molar-refractivity contribution in [2.45, 2.75) is 52.7 Å². The maximum absolute atomic E-state index is 11.9. The average Bonchev–Trinajstić information content (AvgIpc) is 2.86. The number of rotatable bonds is 7. The van der Waals surface area contributed by atoms with Crippen molar-refractivity contribution >= 4 is 22.6 Å². The molecule has 0 spiro atoms. The van der Waals surface area contributed by atoms with Crippen LogP contribution in [0, 0.1) is 5.41 Å². The molecule has 0 radical (unpaired) electrons. The number of aromatic nitrogens is 1. The molecule has 1 aromatic heterocycles. The summed E-state index contributed by atoms with van der Waals surface area (Å²) in [5.74, 6) is 0.412. The first-order valence-electron chi connectivity index (χ1n) is 9.50. The van der Waals surface area contributed by atoms with Crippen LogP contribution in [0.1, 0.15) is 50.9 Å². The minimum absolute atomic E-state index is 0.0789. The van der Waals surface area contributed by atoms with E-state index in [1.807, 2.05) is 27.7 Å². The highest BCUT2D eigenvalue weighted by Crippen LogP contribution is 2.32. The topological polar surface area (TPSA) is 104 Å². The Kier molecular flexibility index (Phi) is 5.45. The van der Waals surface area contributed by atoms with E-state index in [-0.39, 0.29) is 23.5 Å². The predicted octanol–water partition coefficient (Wildman–Crippen LogP) is 2.80. The zero-order valence-corrected chi connectivity index (χ0v) is 16.7. The summed E-state index contributed by atoms with van der Waals surface area (Å²) >= 11 is 0. The number of carbonyl (C=O) groups excluding carboxylic acids is 2. The van der Waals surface area contributed by atoms with Gasteiger partial charge in [0.1, 0.15) is 5.75 Å². The molecule has 0 saturated carbocycles. The average molecular weight is 385 g/mol. The van der Waals surface area contributed by atoms with E-state index in [1.165, 1.54) is 0 Å². The third-order valence-corrected chi connectivity index (χ3v) is 4.87. The van der Waals surface area contributed by atoms with Gasteiger partial charge in [-0.15, -0.1) is 0 Å². The second-order valence-corrected chi connectivity index (χ2v) is 8.11. The van der Waals surface area contributed by atoms with Crippen LogP contribution < -0.4 is 20.5 Å². The number of carbonyl (C=O) groups is 2. The summed E-state index contributed by atoms with van der Waals surface area (Å²) in [6, 6.07) is 5.34. The Hall–Kier alpha value is -2.83. The van der Waals surface area contributed by atoms with Crippen molar-refractivity contribution in [3.8, 4) is 11.6 Å². The van der Waals surface area contributed by atoms with E-state index in [2.05, 4.69) is 10.3 Å². The van der Waals surface area contributed by atoms with Gasteiger partial charge in [-0.1, -0.05) is 13.8 Å². The van der Waals surface area contributed by atoms with E-state index >= 15 is 0 Å². The Morgan fingerprint density at radius 3 is 2.75 bits per heavy atom. The number of nitrogens with two attached hydrogens (primary N) is 1. The fourth-order valence-electron chi connectivity index (χ4n) is 3.45. The summed E-state index contributed by atoms with van der Waals surface area (Å²) in [7, 11) is 0. The molecule has 1 atom stereocenters. The quantitative estimate of drug-likeness (QED) is 0.763. The highest BCUT2D eigenvalue weighted by molar-refractivity contribution is 6.01. The second-order valence-electron chi connectivity index (χ2n) is 8.11. The zero-order chi connectivity index (χ0) is 20.5. The largest absolute Gasteiger partial charge is 0.490 e.